The predicted molar refractivity (Wildman–Crippen MR) is 57.9 cm³/mol. The van der Waals surface area contributed by atoms with E-state index in [4.69, 9.17) is 12.6 Å². The van der Waals surface area contributed by atoms with Gasteiger partial charge in [-0.2, -0.15) is 0 Å². The fourth-order valence-electron chi connectivity index (χ4n) is 1.56. The smallest absolute Gasteiger partial charge is 0.143 e. The van der Waals surface area contributed by atoms with Crippen molar-refractivity contribution in [2.45, 2.75) is 39.8 Å². The third-order valence-corrected chi connectivity index (χ3v) is 2.23. The summed E-state index contributed by atoms with van der Waals surface area (Å²) in [5, 5.41) is 0. The maximum absolute atomic E-state index is 5.59. The molecule has 1 aromatic heterocycles. The molecule has 2 heterocycles. The first kappa shape index (κ1) is 11.3. The number of rotatable bonds is 1. The molecule has 0 saturated carbocycles. The summed E-state index contributed by atoms with van der Waals surface area (Å²) >= 11 is 0. The maximum atomic E-state index is 5.59. The molecule has 0 bridgehead atoms. The molecule has 3 nitrogen and oxygen atoms in total. The molecule has 2 radical (unpaired) electrons. The van der Waals surface area contributed by atoms with E-state index in [0.29, 0.717) is 18.2 Å². The lowest BCUT2D eigenvalue weighted by atomic mass is 10.1. The molecule has 1 aromatic rings. The predicted octanol–water partition coefficient (Wildman–Crippen LogP) is 1.18. The zero-order chi connectivity index (χ0) is 10.6. The SMILES string of the molecule is CC.[B]c1cn2c(n1)COCC2CC. The highest BCUT2D eigenvalue weighted by molar-refractivity contribution is 6.30. The van der Waals surface area contributed by atoms with Gasteiger partial charge in [0, 0.05) is 11.8 Å². The van der Waals surface area contributed by atoms with E-state index in [9.17, 15) is 0 Å². The third-order valence-electron chi connectivity index (χ3n) is 2.23. The summed E-state index contributed by atoms with van der Waals surface area (Å²) in [4.78, 5) is 4.17. The van der Waals surface area contributed by atoms with E-state index in [1.54, 1.807) is 0 Å². The average molecular weight is 192 g/mol. The van der Waals surface area contributed by atoms with Crippen molar-refractivity contribution in [2.24, 2.45) is 0 Å². The van der Waals surface area contributed by atoms with Gasteiger partial charge < -0.3 is 9.30 Å². The Kier molecular flexibility index (Phi) is 4.20. The highest BCUT2D eigenvalue weighted by Crippen LogP contribution is 2.18. The second-order valence-electron chi connectivity index (χ2n) is 3.07. The fraction of sp³-hybridized carbons (Fsp3) is 0.700. The van der Waals surface area contributed by atoms with E-state index in [2.05, 4.69) is 16.5 Å². The van der Waals surface area contributed by atoms with E-state index >= 15 is 0 Å². The molecular formula is C10H17BN2O. The summed E-state index contributed by atoms with van der Waals surface area (Å²) in [6.07, 6.45) is 2.95. The zero-order valence-corrected chi connectivity index (χ0v) is 9.16. The van der Waals surface area contributed by atoms with Crippen LogP contribution in [0, 0.1) is 0 Å². The number of fused-ring (bicyclic) bond motifs is 1. The van der Waals surface area contributed by atoms with Gasteiger partial charge in [0.25, 0.3) is 0 Å². The molecule has 4 heteroatoms. The molecule has 0 aromatic carbocycles. The molecule has 0 N–H and O–H groups in total. The summed E-state index contributed by atoms with van der Waals surface area (Å²) in [5.74, 6) is 0.950. The van der Waals surface area contributed by atoms with E-state index < -0.39 is 0 Å². The molecule has 1 atom stereocenters. The number of ether oxygens (including phenoxy) is 1. The van der Waals surface area contributed by atoms with Gasteiger partial charge in [-0.05, 0) is 6.42 Å². The van der Waals surface area contributed by atoms with Gasteiger partial charge in [0.05, 0.1) is 12.6 Å². The summed E-state index contributed by atoms with van der Waals surface area (Å²) < 4.78 is 7.50. The molecule has 76 valence electrons. The summed E-state index contributed by atoms with van der Waals surface area (Å²) in [5.41, 5.74) is 0.592. The first-order valence-corrected chi connectivity index (χ1v) is 5.22. The van der Waals surface area contributed by atoms with Crippen LogP contribution in [0.25, 0.3) is 0 Å². The van der Waals surface area contributed by atoms with Crippen LogP contribution in [0.3, 0.4) is 0 Å². The van der Waals surface area contributed by atoms with Gasteiger partial charge >= 0.3 is 0 Å². The van der Waals surface area contributed by atoms with Crippen molar-refractivity contribution < 1.29 is 4.74 Å². The summed E-state index contributed by atoms with van der Waals surface area (Å²) in [6.45, 7) is 7.51. The maximum Gasteiger partial charge on any atom is 0.143 e. The first-order chi connectivity index (χ1) is 6.81. The minimum atomic E-state index is 0.415. The van der Waals surface area contributed by atoms with E-state index in [0.717, 1.165) is 18.9 Å². The lowest BCUT2D eigenvalue weighted by Crippen LogP contribution is -2.22. The molecule has 0 saturated heterocycles. The molecule has 1 unspecified atom stereocenters. The average Bonchev–Trinajstić information content (AvgIpc) is 2.60. The van der Waals surface area contributed by atoms with Gasteiger partial charge in [-0.1, -0.05) is 20.8 Å². The second kappa shape index (κ2) is 5.20. The van der Waals surface area contributed by atoms with E-state index in [1.165, 1.54) is 0 Å². The first-order valence-electron chi connectivity index (χ1n) is 5.22. The largest absolute Gasteiger partial charge is 0.371 e. The molecule has 0 aliphatic carbocycles. The second-order valence-corrected chi connectivity index (χ2v) is 3.07. The number of nitrogens with zero attached hydrogens (tertiary/aromatic N) is 2. The Morgan fingerprint density at radius 1 is 1.64 bits per heavy atom. The Bertz CT molecular complexity index is 286. The molecule has 0 spiro atoms. The van der Waals surface area contributed by atoms with Crippen molar-refractivity contribution in [1.82, 2.24) is 9.55 Å². The van der Waals surface area contributed by atoms with Crippen LogP contribution in [-0.2, 0) is 11.3 Å². The van der Waals surface area contributed by atoms with Gasteiger partial charge in [0.15, 0.2) is 0 Å². The fourth-order valence-corrected chi connectivity index (χ4v) is 1.56. The van der Waals surface area contributed by atoms with E-state index in [1.807, 2.05) is 20.0 Å². The topological polar surface area (TPSA) is 27.1 Å². The van der Waals surface area contributed by atoms with Crippen LogP contribution in [0.15, 0.2) is 6.20 Å². The minimum Gasteiger partial charge on any atom is -0.371 e. The standard InChI is InChI=1S/C8H11BN2O.C2H6/c1-2-6-4-12-5-8-10-7(9)3-11(6)8;1-2/h3,6H,2,4-5H2,1H3;1-2H3. The molecular weight excluding hydrogens is 175 g/mol. The highest BCUT2D eigenvalue weighted by Gasteiger charge is 2.18. The van der Waals surface area contributed by atoms with Gasteiger partial charge in [-0.25, -0.2) is 4.98 Å². The monoisotopic (exact) mass is 192 g/mol. The normalized spacial score (nSPS) is 19.5. The lowest BCUT2D eigenvalue weighted by molar-refractivity contribution is 0.0536. The Balaban J connectivity index is 0.000000461. The van der Waals surface area contributed by atoms with Crippen molar-refractivity contribution >= 4 is 13.4 Å². The molecule has 0 amide bonds. The van der Waals surface area contributed by atoms with Crippen molar-refractivity contribution in [3.8, 4) is 0 Å². The van der Waals surface area contributed by atoms with Crippen LogP contribution >= 0.6 is 0 Å². The minimum absolute atomic E-state index is 0.415. The lowest BCUT2D eigenvalue weighted by Gasteiger charge is -2.23. The summed E-state index contributed by atoms with van der Waals surface area (Å²) in [6, 6.07) is 0.415. The number of aromatic nitrogens is 2. The molecule has 0 fully saturated rings. The van der Waals surface area contributed by atoms with Crippen LogP contribution in [0.2, 0.25) is 0 Å². The number of hydrogen-bond acceptors (Lipinski definition) is 2. The van der Waals surface area contributed by atoms with Crippen molar-refractivity contribution in [3.05, 3.63) is 12.0 Å². The van der Waals surface area contributed by atoms with E-state index in [-0.39, 0.29) is 0 Å². The van der Waals surface area contributed by atoms with Gasteiger partial charge in [0.1, 0.15) is 20.3 Å². The molecule has 1 aliphatic rings. The highest BCUT2D eigenvalue weighted by atomic mass is 16.5. The van der Waals surface area contributed by atoms with Gasteiger partial charge in [-0.3, -0.25) is 0 Å². The van der Waals surface area contributed by atoms with Gasteiger partial charge in [-0.15, -0.1) is 0 Å². The van der Waals surface area contributed by atoms with Gasteiger partial charge in [0.2, 0.25) is 0 Å². The van der Waals surface area contributed by atoms with Crippen molar-refractivity contribution in [2.75, 3.05) is 6.61 Å². The van der Waals surface area contributed by atoms with Crippen molar-refractivity contribution in [1.29, 1.82) is 0 Å². The Labute approximate surface area is 86.9 Å². The van der Waals surface area contributed by atoms with Crippen LogP contribution < -0.4 is 5.59 Å². The molecule has 1 aliphatic heterocycles. The molecule has 14 heavy (non-hydrogen) atoms. The molecule has 2 rings (SSSR count). The Morgan fingerprint density at radius 3 is 3.00 bits per heavy atom. The number of hydrogen-bond donors (Lipinski definition) is 0. The van der Waals surface area contributed by atoms with Crippen LogP contribution in [0.5, 0.6) is 0 Å². The Hall–Kier alpha value is -0.765. The van der Waals surface area contributed by atoms with Crippen molar-refractivity contribution in [3.63, 3.8) is 0 Å². The Morgan fingerprint density at radius 2 is 2.36 bits per heavy atom. The zero-order valence-electron chi connectivity index (χ0n) is 9.16. The van der Waals surface area contributed by atoms with Crippen LogP contribution in [0.1, 0.15) is 39.1 Å². The summed E-state index contributed by atoms with van der Waals surface area (Å²) in [7, 11) is 5.59. The quantitative estimate of drug-likeness (QED) is 0.624. The third kappa shape index (κ3) is 2.18. The van der Waals surface area contributed by atoms with Crippen LogP contribution in [0.4, 0.5) is 0 Å². The number of imidazole rings is 1. The van der Waals surface area contributed by atoms with Crippen LogP contribution in [-0.4, -0.2) is 24.0 Å².